The van der Waals surface area contributed by atoms with E-state index in [0.717, 1.165) is 17.7 Å². The molecule has 122 valence electrons. The molecule has 0 saturated carbocycles. The Morgan fingerprint density at radius 3 is 2.48 bits per heavy atom. The van der Waals surface area contributed by atoms with E-state index in [4.69, 9.17) is 0 Å². The minimum atomic E-state index is -0.452. The smallest absolute Gasteiger partial charge is 0.150 e. The molecule has 0 bridgehead atoms. The normalized spacial score (nSPS) is 11.0. The largest absolute Gasteiger partial charge is 0.366 e. The quantitative estimate of drug-likeness (QED) is 0.625. The molecule has 2 aromatic rings. The Labute approximate surface area is 135 Å². The highest BCUT2D eigenvalue weighted by atomic mass is 19.1. The second kappa shape index (κ2) is 7.22. The van der Waals surface area contributed by atoms with E-state index in [2.05, 4.69) is 10.3 Å². The lowest BCUT2D eigenvalue weighted by Crippen LogP contribution is -2.14. The first-order valence-electron chi connectivity index (χ1n) is 7.48. The van der Waals surface area contributed by atoms with E-state index in [0.29, 0.717) is 11.4 Å². The van der Waals surface area contributed by atoms with Gasteiger partial charge in [0.05, 0.1) is 12.0 Å². The Balaban J connectivity index is 2.27. The van der Waals surface area contributed by atoms with Gasteiger partial charge in [-0.05, 0) is 56.2 Å². The van der Waals surface area contributed by atoms with Gasteiger partial charge in [0.2, 0.25) is 0 Å². The molecule has 2 aromatic carbocycles. The molecule has 0 aliphatic heterocycles. The predicted molar refractivity (Wildman–Crippen MR) is 92.0 cm³/mol. The van der Waals surface area contributed by atoms with Crippen LogP contribution >= 0.6 is 0 Å². The predicted octanol–water partition coefficient (Wildman–Crippen LogP) is 4.94. The van der Waals surface area contributed by atoms with Crippen LogP contribution in [0.3, 0.4) is 0 Å². The maximum atomic E-state index is 14.2. The first-order chi connectivity index (χ1) is 10.9. The zero-order chi connectivity index (χ0) is 17.0. The number of rotatable bonds is 5. The van der Waals surface area contributed by atoms with Gasteiger partial charge in [0, 0.05) is 19.3 Å². The Kier molecular flexibility index (Phi) is 5.32. The van der Waals surface area contributed by atoms with Gasteiger partial charge >= 0.3 is 0 Å². The molecule has 23 heavy (non-hydrogen) atoms. The van der Waals surface area contributed by atoms with E-state index in [-0.39, 0.29) is 11.5 Å². The molecule has 0 saturated heterocycles. The van der Waals surface area contributed by atoms with E-state index in [1.165, 1.54) is 12.1 Å². The summed E-state index contributed by atoms with van der Waals surface area (Å²) < 4.78 is 28.1. The van der Waals surface area contributed by atoms with Crippen molar-refractivity contribution >= 4 is 23.4 Å². The van der Waals surface area contributed by atoms with Gasteiger partial charge < -0.3 is 10.2 Å². The molecule has 0 aliphatic rings. The highest BCUT2D eigenvalue weighted by Gasteiger charge is 2.09. The second-order valence-corrected chi connectivity index (χ2v) is 5.54. The van der Waals surface area contributed by atoms with Crippen molar-refractivity contribution in [3.05, 3.63) is 53.1 Å². The standard InChI is InChI=1S/C18H21F2N3/c1-5-23(4)11-21-18-9-13(3)17(10-15(18)20)22-16-7-6-12(2)8-14(16)19/h6-11,22H,5H2,1-4H3. The summed E-state index contributed by atoms with van der Waals surface area (Å²) in [6.45, 7) is 6.42. The summed E-state index contributed by atoms with van der Waals surface area (Å²) in [6, 6.07) is 7.87. The average Bonchev–Trinajstić information content (AvgIpc) is 2.51. The van der Waals surface area contributed by atoms with Crippen molar-refractivity contribution in [1.29, 1.82) is 0 Å². The molecule has 5 heteroatoms. The van der Waals surface area contributed by atoms with Gasteiger partial charge in [0.1, 0.15) is 11.5 Å². The Bertz CT molecular complexity index is 726. The van der Waals surface area contributed by atoms with Crippen molar-refractivity contribution in [1.82, 2.24) is 4.90 Å². The molecule has 0 spiro atoms. The minimum absolute atomic E-state index is 0.262. The Morgan fingerprint density at radius 2 is 1.83 bits per heavy atom. The molecule has 2 rings (SSSR count). The van der Waals surface area contributed by atoms with Crippen LogP contribution in [0.5, 0.6) is 0 Å². The molecule has 0 amide bonds. The van der Waals surface area contributed by atoms with Crippen LogP contribution in [0.2, 0.25) is 0 Å². The van der Waals surface area contributed by atoms with Crippen LogP contribution in [-0.4, -0.2) is 24.8 Å². The van der Waals surface area contributed by atoms with Crippen LogP contribution in [-0.2, 0) is 0 Å². The first kappa shape index (κ1) is 16.9. The molecule has 1 N–H and O–H groups in total. The number of benzene rings is 2. The second-order valence-electron chi connectivity index (χ2n) is 5.54. The van der Waals surface area contributed by atoms with Gasteiger partial charge in [-0.15, -0.1) is 0 Å². The molecule has 0 unspecified atom stereocenters. The lowest BCUT2D eigenvalue weighted by molar-refractivity contribution is 0.551. The van der Waals surface area contributed by atoms with Crippen LogP contribution in [0, 0.1) is 25.5 Å². The fourth-order valence-corrected chi connectivity index (χ4v) is 2.01. The van der Waals surface area contributed by atoms with Crippen molar-refractivity contribution in [2.24, 2.45) is 4.99 Å². The third-order valence-electron chi connectivity index (χ3n) is 3.58. The minimum Gasteiger partial charge on any atom is -0.366 e. The summed E-state index contributed by atoms with van der Waals surface area (Å²) >= 11 is 0. The summed E-state index contributed by atoms with van der Waals surface area (Å²) in [7, 11) is 1.87. The van der Waals surface area contributed by atoms with Crippen molar-refractivity contribution in [2.45, 2.75) is 20.8 Å². The number of anilines is 2. The molecule has 0 aliphatic carbocycles. The molecule has 0 atom stereocenters. The van der Waals surface area contributed by atoms with Crippen molar-refractivity contribution in [3.8, 4) is 0 Å². The lowest BCUT2D eigenvalue weighted by Gasteiger charge is -2.13. The fourth-order valence-electron chi connectivity index (χ4n) is 2.01. The monoisotopic (exact) mass is 317 g/mol. The van der Waals surface area contributed by atoms with Crippen molar-refractivity contribution in [2.75, 3.05) is 18.9 Å². The maximum Gasteiger partial charge on any atom is 0.150 e. The molecular weight excluding hydrogens is 296 g/mol. The number of nitrogens with zero attached hydrogens (tertiary/aromatic N) is 2. The summed E-state index contributed by atoms with van der Waals surface area (Å²) in [5.74, 6) is -0.817. The summed E-state index contributed by atoms with van der Waals surface area (Å²) in [6.07, 6.45) is 1.59. The van der Waals surface area contributed by atoms with Gasteiger partial charge in [-0.3, -0.25) is 0 Å². The number of aliphatic imine (C=N–C) groups is 1. The van der Waals surface area contributed by atoms with E-state index in [9.17, 15) is 8.78 Å². The Hall–Kier alpha value is -2.43. The first-order valence-corrected chi connectivity index (χ1v) is 7.48. The third kappa shape index (κ3) is 4.28. The number of halogens is 2. The molecule has 0 heterocycles. The summed E-state index contributed by atoms with van der Waals surface area (Å²) in [5.41, 5.74) is 2.73. The maximum absolute atomic E-state index is 14.2. The van der Waals surface area contributed by atoms with E-state index in [1.807, 2.05) is 32.7 Å². The Morgan fingerprint density at radius 1 is 1.09 bits per heavy atom. The van der Waals surface area contributed by atoms with Gasteiger partial charge in [0.25, 0.3) is 0 Å². The topological polar surface area (TPSA) is 27.6 Å². The van der Waals surface area contributed by atoms with Gasteiger partial charge in [-0.2, -0.15) is 0 Å². The van der Waals surface area contributed by atoms with E-state index < -0.39 is 5.82 Å². The fraction of sp³-hybridized carbons (Fsp3) is 0.278. The van der Waals surface area contributed by atoms with Gasteiger partial charge in [-0.25, -0.2) is 13.8 Å². The lowest BCUT2D eigenvalue weighted by atomic mass is 10.1. The number of nitrogens with one attached hydrogen (secondary N) is 1. The van der Waals surface area contributed by atoms with Crippen LogP contribution in [0.25, 0.3) is 0 Å². The molecule has 0 aromatic heterocycles. The van der Waals surface area contributed by atoms with Crippen LogP contribution in [0.1, 0.15) is 18.1 Å². The zero-order valence-corrected chi connectivity index (χ0v) is 13.8. The van der Waals surface area contributed by atoms with Crippen molar-refractivity contribution in [3.63, 3.8) is 0 Å². The number of hydrogen-bond acceptors (Lipinski definition) is 2. The van der Waals surface area contributed by atoms with E-state index in [1.54, 1.807) is 24.5 Å². The number of aryl methyl sites for hydroxylation is 2. The van der Waals surface area contributed by atoms with E-state index >= 15 is 0 Å². The molecular formula is C18H21F2N3. The van der Waals surface area contributed by atoms with Crippen LogP contribution in [0.4, 0.5) is 25.8 Å². The van der Waals surface area contributed by atoms with Crippen LogP contribution in [0.15, 0.2) is 35.3 Å². The zero-order valence-electron chi connectivity index (χ0n) is 13.8. The molecule has 0 radical (unpaired) electrons. The highest BCUT2D eigenvalue weighted by Crippen LogP contribution is 2.29. The summed E-state index contributed by atoms with van der Waals surface area (Å²) in [5, 5.41) is 2.93. The summed E-state index contributed by atoms with van der Waals surface area (Å²) in [4.78, 5) is 5.99. The SMILES string of the molecule is CCN(C)C=Nc1cc(C)c(Nc2ccc(C)cc2F)cc1F. The highest BCUT2D eigenvalue weighted by molar-refractivity contribution is 5.69. The van der Waals surface area contributed by atoms with Crippen LogP contribution < -0.4 is 5.32 Å². The van der Waals surface area contributed by atoms with Gasteiger partial charge in [0.15, 0.2) is 5.82 Å². The van der Waals surface area contributed by atoms with Gasteiger partial charge in [-0.1, -0.05) is 6.07 Å². The average molecular weight is 317 g/mol. The molecule has 0 fully saturated rings. The third-order valence-corrected chi connectivity index (χ3v) is 3.58. The number of hydrogen-bond donors (Lipinski definition) is 1. The van der Waals surface area contributed by atoms with Crippen molar-refractivity contribution < 1.29 is 8.78 Å². The molecule has 3 nitrogen and oxygen atoms in total.